The molecule has 0 heterocycles. The molecular formula is C56H37N. The summed E-state index contributed by atoms with van der Waals surface area (Å²) in [6, 6.07) is 82.1. The van der Waals surface area contributed by atoms with Crippen molar-refractivity contribution in [3.8, 4) is 33.4 Å². The molecule has 0 fully saturated rings. The molecule has 1 heteroatoms. The summed E-state index contributed by atoms with van der Waals surface area (Å²) in [6.45, 7) is 0. The third kappa shape index (κ3) is 5.80. The Hall–Kier alpha value is -7.48. The van der Waals surface area contributed by atoms with E-state index in [0.29, 0.717) is 0 Å². The second-order valence-corrected chi connectivity index (χ2v) is 14.9. The number of anilines is 3. The van der Waals surface area contributed by atoms with Crippen molar-refractivity contribution in [2.24, 2.45) is 0 Å². The Morgan fingerprint density at radius 1 is 0.228 bits per heavy atom. The number of hydrogen-bond donors (Lipinski definition) is 0. The van der Waals surface area contributed by atoms with E-state index in [9.17, 15) is 0 Å². The zero-order valence-corrected chi connectivity index (χ0v) is 31.3. The van der Waals surface area contributed by atoms with Crippen LogP contribution in [0.15, 0.2) is 224 Å². The number of nitrogens with zero attached hydrogens (tertiary/aromatic N) is 1. The van der Waals surface area contributed by atoms with Crippen molar-refractivity contribution in [2.45, 2.75) is 0 Å². The first-order valence-electron chi connectivity index (χ1n) is 19.7. The van der Waals surface area contributed by atoms with Crippen molar-refractivity contribution in [3.63, 3.8) is 0 Å². The summed E-state index contributed by atoms with van der Waals surface area (Å²) in [6.07, 6.45) is 0. The van der Waals surface area contributed by atoms with E-state index >= 15 is 0 Å². The Labute approximate surface area is 332 Å². The quantitative estimate of drug-likeness (QED) is 0.154. The average Bonchev–Trinajstić information content (AvgIpc) is 3.29. The van der Waals surface area contributed by atoms with Gasteiger partial charge in [-0.3, -0.25) is 0 Å². The van der Waals surface area contributed by atoms with E-state index in [1.54, 1.807) is 0 Å². The lowest BCUT2D eigenvalue weighted by molar-refractivity contribution is 1.28. The second-order valence-electron chi connectivity index (χ2n) is 14.9. The number of para-hydroxylation sites is 1. The minimum absolute atomic E-state index is 1.10. The minimum atomic E-state index is 1.10. The largest absolute Gasteiger partial charge is 0.310 e. The Kier molecular flexibility index (Phi) is 7.89. The van der Waals surface area contributed by atoms with E-state index in [4.69, 9.17) is 0 Å². The molecular weight excluding hydrogens is 687 g/mol. The van der Waals surface area contributed by atoms with Crippen LogP contribution in [0, 0.1) is 0 Å². The maximum atomic E-state index is 2.40. The molecule has 266 valence electrons. The fourth-order valence-electron chi connectivity index (χ4n) is 8.74. The van der Waals surface area contributed by atoms with Gasteiger partial charge in [-0.2, -0.15) is 0 Å². The van der Waals surface area contributed by atoms with Crippen molar-refractivity contribution in [2.75, 3.05) is 4.90 Å². The highest BCUT2D eigenvalue weighted by molar-refractivity contribution is 6.18. The van der Waals surface area contributed by atoms with E-state index in [1.165, 1.54) is 87.2 Å². The summed E-state index contributed by atoms with van der Waals surface area (Å²) in [5.74, 6) is 0. The van der Waals surface area contributed by atoms with Gasteiger partial charge in [0, 0.05) is 16.9 Å². The number of rotatable bonds is 6. The number of hydrogen-bond acceptors (Lipinski definition) is 1. The predicted molar refractivity (Wildman–Crippen MR) is 245 cm³/mol. The van der Waals surface area contributed by atoms with Crippen LogP contribution in [0.2, 0.25) is 0 Å². The van der Waals surface area contributed by atoms with Gasteiger partial charge in [-0.25, -0.2) is 0 Å². The lowest BCUT2D eigenvalue weighted by Gasteiger charge is -2.28. The lowest BCUT2D eigenvalue weighted by Crippen LogP contribution is -2.11. The van der Waals surface area contributed by atoms with E-state index < -0.39 is 0 Å². The van der Waals surface area contributed by atoms with Crippen LogP contribution in [-0.4, -0.2) is 0 Å². The van der Waals surface area contributed by atoms with Crippen LogP contribution in [0.4, 0.5) is 17.1 Å². The minimum Gasteiger partial charge on any atom is -0.310 e. The Bertz CT molecular complexity index is 3270. The lowest BCUT2D eigenvalue weighted by atomic mass is 9.94. The third-order valence-electron chi connectivity index (χ3n) is 11.6. The van der Waals surface area contributed by atoms with Crippen LogP contribution in [0.5, 0.6) is 0 Å². The fraction of sp³-hybridized carbons (Fsp3) is 0. The Balaban J connectivity index is 1.04. The molecule has 0 aliphatic carbocycles. The van der Waals surface area contributed by atoms with Gasteiger partial charge in [0.2, 0.25) is 0 Å². The highest BCUT2D eigenvalue weighted by atomic mass is 15.1. The van der Waals surface area contributed by atoms with Gasteiger partial charge in [0.15, 0.2) is 0 Å². The maximum absolute atomic E-state index is 2.40. The Morgan fingerprint density at radius 2 is 0.632 bits per heavy atom. The van der Waals surface area contributed by atoms with Gasteiger partial charge >= 0.3 is 0 Å². The molecule has 0 aliphatic rings. The summed E-state index contributed by atoms with van der Waals surface area (Å²) in [4.78, 5) is 2.40. The smallest absolute Gasteiger partial charge is 0.0540 e. The van der Waals surface area contributed by atoms with Gasteiger partial charge in [0.1, 0.15) is 0 Å². The maximum Gasteiger partial charge on any atom is 0.0540 e. The molecule has 0 aromatic heterocycles. The standard InChI is InChI=1S/C56H37N/c1-2-10-38(11-3-1)39-24-30-47(31-25-39)57(56-17-9-8-16-51(56)46-23-21-43-19-18-41-12-5-7-15-50(41)54(43)37-46)48-32-26-40(27-33-48)45-22-20-44-29-34-52-49-14-6-4-13-42(49)28-35-53(52)55(44)36-45/h1-37H. The first-order valence-corrected chi connectivity index (χ1v) is 19.7. The topological polar surface area (TPSA) is 3.24 Å². The molecule has 11 aromatic rings. The van der Waals surface area contributed by atoms with Gasteiger partial charge in [-0.1, -0.05) is 182 Å². The van der Waals surface area contributed by atoms with Crippen molar-refractivity contribution in [1.82, 2.24) is 0 Å². The van der Waals surface area contributed by atoms with Crippen LogP contribution in [0.1, 0.15) is 0 Å². The highest BCUT2D eigenvalue weighted by Crippen LogP contribution is 2.43. The van der Waals surface area contributed by atoms with E-state index in [-0.39, 0.29) is 0 Å². The SMILES string of the molecule is c1ccc(-c2ccc(N(c3ccc(-c4ccc5ccc6c7ccccc7ccc6c5c4)cc3)c3ccccc3-c3ccc4ccc5ccccc5c4c3)cc2)cc1. The highest BCUT2D eigenvalue weighted by Gasteiger charge is 2.18. The molecule has 0 radical (unpaired) electrons. The van der Waals surface area contributed by atoms with E-state index in [1.807, 2.05) is 0 Å². The van der Waals surface area contributed by atoms with Gasteiger partial charge in [-0.15, -0.1) is 0 Å². The van der Waals surface area contributed by atoms with Gasteiger partial charge in [0.25, 0.3) is 0 Å². The molecule has 57 heavy (non-hydrogen) atoms. The summed E-state index contributed by atoms with van der Waals surface area (Å²) in [5, 5.41) is 12.7. The molecule has 0 spiro atoms. The van der Waals surface area contributed by atoms with Crippen molar-refractivity contribution in [3.05, 3.63) is 224 Å². The normalized spacial score (nSPS) is 11.5. The molecule has 0 N–H and O–H groups in total. The second kappa shape index (κ2) is 13.7. The molecule has 0 amide bonds. The molecule has 11 aromatic carbocycles. The van der Waals surface area contributed by atoms with Crippen LogP contribution in [-0.2, 0) is 0 Å². The zero-order chi connectivity index (χ0) is 37.7. The van der Waals surface area contributed by atoms with Crippen LogP contribution >= 0.6 is 0 Å². The van der Waals surface area contributed by atoms with Crippen molar-refractivity contribution >= 4 is 70.9 Å². The molecule has 0 atom stereocenters. The summed E-state index contributed by atoms with van der Waals surface area (Å²) in [5.41, 5.74) is 10.5. The average molecular weight is 724 g/mol. The molecule has 11 rings (SSSR count). The van der Waals surface area contributed by atoms with Crippen molar-refractivity contribution < 1.29 is 0 Å². The fourth-order valence-corrected chi connectivity index (χ4v) is 8.74. The van der Waals surface area contributed by atoms with Crippen LogP contribution < -0.4 is 4.90 Å². The molecule has 0 bridgehead atoms. The summed E-state index contributed by atoms with van der Waals surface area (Å²) in [7, 11) is 0. The van der Waals surface area contributed by atoms with E-state index in [2.05, 4.69) is 229 Å². The van der Waals surface area contributed by atoms with Gasteiger partial charge in [-0.05, 0) is 124 Å². The first-order chi connectivity index (χ1) is 28.2. The Morgan fingerprint density at radius 3 is 1.30 bits per heavy atom. The number of benzene rings is 11. The molecule has 0 saturated carbocycles. The monoisotopic (exact) mass is 723 g/mol. The van der Waals surface area contributed by atoms with Gasteiger partial charge in [0.05, 0.1) is 5.69 Å². The third-order valence-corrected chi connectivity index (χ3v) is 11.6. The first kappa shape index (κ1) is 32.9. The summed E-state index contributed by atoms with van der Waals surface area (Å²) < 4.78 is 0. The zero-order valence-electron chi connectivity index (χ0n) is 31.3. The molecule has 0 aliphatic heterocycles. The summed E-state index contributed by atoms with van der Waals surface area (Å²) >= 11 is 0. The number of fused-ring (bicyclic) bond motifs is 8. The van der Waals surface area contributed by atoms with E-state index in [0.717, 1.165) is 17.1 Å². The predicted octanol–water partition coefficient (Wildman–Crippen LogP) is 15.9. The van der Waals surface area contributed by atoms with Gasteiger partial charge < -0.3 is 4.90 Å². The molecule has 1 nitrogen and oxygen atoms in total. The molecule has 0 unspecified atom stereocenters. The molecule has 0 saturated heterocycles. The van der Waals surface area contributed by atoms with Crippen molar-refractivity contribution in [1.29, 1.82) is 0 Å². The van der Waals surface area contributed by atoms with Crippen LogP contribution in [0.3, 0.4) is 0 Å². The van der Waals surface area contributed by atoms with Crippen LogP contribution in [0.25, 0.3) is 87.2 Å².